The average Bonchev–Trinajstić information content (AvgIpc) is 3.11. The molecule has 14 heteroatoms. The number of carbonyl (C=O) groups is 2. The fourth-order valence-electron chi connectivity index (χ4n) is 7.20. The van der Waals surface area contributed by atoms with Crippen LogP contribution in [-0.4, -0.2) is 94.3 Å². The molecular formula is C35H59Cl2MnN5O6. The number of pyridine rings is 1. The predicted octanol–water partition coefficient (Wildman–Crippen LogP) is 5.18. The van der Waals surface area contributed by atoms with Gasteiger partial charge in [0.2, 0.25) is 0 Å². The maximum absolute atomic E-state index is 13.9. The van der Waals surface area contributed by atoms with E-state index in [2.05, 4.69) is 28.2 Å². The summed E-state index contributed by atoms with van der Waals surface area (Å²) in [7, 11) is 11.2. The Labute approximate surface area is 308 Å². The number of rotatable bonds is 13. The van der Waals surface area contributed by atoms with Gasteiger partial charge in [-0.1, -0.05) is 45.4 Å². The summed E-state index contributed by atoms with van der Waals surface area (Å²) in [6.07, 6.45) is 12.5. The summed E-state index contributed by atoms with van der Waals surface area (Å²) in [5, 5.41) is 15.2. The van der Waals surface area contributed by atoms with Crippen molar-refractivity contribution in [3.8, 4) is 0 Å². The number of unbranched alkanes of at least 4 members (excludes halogenated alkanes) is 2. The second kappa shape index (κ2) is 25.0. The number of hydrogen-bond acceptors (Lipinski definition) is 11. The van der Waals surface area contributed by atoms with Crippen molar-refractivity contribution in [1.29, 1.82) is 0 Å². The Morgan fingerprint density at radius 2 is 1.20 bits per heavy atom. The van der Waals surface area contributed by atoms with Crippen LogP contribution in [0.25, 0.3) is 0 Å². The molecule has 2 heterocycles. The molecule has 281 valence electrons. The second-order valence-corrected chi connectivity index (χ2v) is 14.8. The number of aromatic nitrogens is 1. The Morgan fingerprint density at radius 1 is 0.735 bits per heavy atom. The van der Waals surface area contributed by atoms with Gasteiger partial charge in [0.25, 0.3) is 0 Å². The van der Waals surface area contributed by atoms with Crippen LogP contribution in [0.15, 0.2) is 0 Å². The summed E-state index contributed by atoms with van der Waals surface area (Å²) in [6.45, 7) is 8.12. The van der Waals surface area contributed by atoms with Crippen LogP contribution in [0.1, 0.15) is 122 Å². The van der Waals surface area contributed by atoms with E-state index in [1.807, 2.05) is 6.92 Å². The quantitative estimate of drug-likeness (QED) is 0.120. The van der Waals surface area contributed by atoms with E-state index in [1.54, 1.807) is 7.11 Å². The molecule has 0 unspecified atom stereocenters. The molecule has 4 rings (SSSR count). The summed E-state index contributed by atoms with van der Waals surface area (Å²) >= 11 is 0.00694. The second-order valence-electron chi connectivity index (χ2n) is 12.9. The van der Waals surface area contributed by atoms with Crippen molar-refractivity contribution in [3.63, 3.8) is 0 Å². The van der Waals surface area contributed by atoms with Gasteiger partial charge in [0, 0.05) is 64.1 Å². The Kier molecular flexibility index (Phi) is 21.6. The van der Waals surface area contributed by atoms with Gasteiger partial charge in [-0.05, 0) is 51.0 Å². The van der Waals surface area contributed by atoms with E-state index >= 15 is 0 Å². The SMILES string of the molecule is CCCCCc1c(C(=O)OCCOC)c2nc(c1C(=O)OCCOCC)CN[C@@H]1CCCC[C@H]1NCCN[C@@H]1CCCC[C@H]1NC2.[Cl][Mn][Cl]. The summed E-state index contributed by atoms with van der Waals surface area (Å²) in [4.78, 5) is 33.0. The zero-order valence-electron chi connectivity index (χ0n) is 29.7. The summed E-state index contributed by atoms with van der Waals surface area (Å²) < 4.78 is 22.1. The number of methoxy groups -OCH3 is 1. The van der Waals surface area contributed by atoms with Gasteiger partial charge in [-0.25, -0.2) is 9.59 Å². The molecule has 0 spiro atoms. The van der Waals surface area contributed by atoms with Gasteiger partial charge in [-0.3, -0.25) is 4.98 Å². The monoisotopic (exact) mass is 770 g/mol. The molecule has 1 aromatic heterocycles. The van der Waals surface area contributed by atoms with E-state index in [0.29, 0.717) is 72.9 Å². The summed E-state index contributed by atoms with van der Waals surface area (Å²) in [5.74, 6) is -0.933. The molecule has 4 N–H and O–H groups in total. The van der Waals surface area contributed by atoms with Crippen molar-refractivity contribution in [2.24, 2.45) is 0 Å². The van der Waals surface area contributed by atoms with Gasteiger partial charge < -0.3 is 40.2 Å². The van der Waals surface area contributed by atoms with Gasteiger partial charge in [0.05, 0.1) is 35.7 Å². The number of fused-ring (bicyclic) bond motifs is 4. The third-order valence-corrected chi connectivity index (χ3v) is 9.61. The van der Waals surface area contributed by atoms with Crippen molar-refractivity contribution >= 4 is 32.1 Å². The molecule has 4 atom stereocenters. The topological polar surface area (TPSA) is 132 Å². The van der Waals surface area contributed by atoms with Crippen LogP contribution in [0.5, 0.6) is 0 Å². The third-order valence-electron chi connectivity index (χ3n) is 9.61. The van der Waals surface area contributed by atoms with Gasteiger partial charge in [-0.15, -0.1) is 0 Å². The van der Waals surface area contributed by atoms with Crippen LogP contribution >= 0.6 is 20.2 Å². The molecule has 11 nitrogen and oxygen atoms in total. The van der Waals surface area contributed by atoms with Crippen LogP contribution in [0.4, 0.5) is 0 Å². The van der Waals surface area contributed by atoms with Crippen LogP contribution in [0.3, 0.4) is 0 Å². The van der Waals surface area contributed by atoms with E-state index in [9.17, 15) is 9.59 Å². The molecule has 2 saturated carbocycles. The molecule has 2 aliphatic carbocycles. The molecule has 0 amide bonds. The van der Waals surface area contributed by atoms with Gasteiger partial charge >= 0.3 is 45.3 Å². The molecule has 0 aromatic carbocycles. The first-order valence-electron chi connectivity index (χ1n) is 18.2. The van der Waals surface area contributed by atoms with E-state index in [0.717, 1.165) is 58.0 Å². The van der Waals surface area contributed by atoms with Crippen molar-refractivity contribution in [3.05, 3.63) is 28.1 Å². The van der Waals surface area contributed by atoms with Gasteiger partial charge in [0.1, 0.15) is 13.2 Å². The summed E-state index contributed by atoms with van der Waals surface area (Å²) in [5.41, 5.74) is 2.73. The van der Waals surface area contributed by atoms with E-state index in [1.165, 1.54) is 25.7 Å². The number of hydrogen-bond donors (Lipinski definition) is 4. The standard InChI is InChI=1S/C35H59N5O6.2ClH.Mn/c1-4-6-7-12-25-32(34(41)45-21-19-43-3)30-23-38-28-15-10-8-13-26(28)36-17-18-37-27-14-9-11-16-29(27)39-24-31(40-30)33(25)35(42)46-22-20-44-5-2;;;/h26-29,36-39H,4-24H2,1-3H3;2*1H;/q;;;+2/p-2/t26-,27-,28-,29-;;;/m1.../s1. The van der Waals surface area contributed by atoms with Crippen molar-refractivity contribution < 1.29 is 41.7 Å². The first-order chi connectivity index (χ1) is 24.0. The fraction of sp³-hybridized carbons (Fsp3) is 0.800. The Bertz CT molecular complexity index is 1120. The van der Waals surface area contributed by atoms with Crippen molar-refractivity contribution in [2.75, 3.05) is 53.2 Å². The average molecular weight is 772 g/mol. The molecule has 3 aliphatic rings. The van der Waals surface area contributed by atoms with Crippen molar-refractivity contribution in [1.82, 2.24) is 26.3 Å². The Balaban J connectivity index is 0.00000209. The first kappa shape index (κ1) is 42.4. The molecule has 0 saturated heterocycles. The van der Waals surface area contributed by atoms with E-state index in [-0.39, 0.29) is 45.0 Å². The first-order valence-corrected chi connectivity index (χ1v) is 21.5. The van der Waals surface area contributed by atoms with Crippen LogP contribution in [0.2, 0.25) is 0 Å². The van der Waals surface area contributed by atoms with E-state index < -0.39 is 11.9 Å². The van der Waals surface area contributed by atoms with Crippen LogP contribution in [0, 0.1) is 0 Å². The normalized spacial score (nSPS) is 23.0. The fourth-order valence-corrected chi connectivity index (χ4v) is 7.20. The Hall–Kier alpha value is -1.05. The summed E-state index contributed by atoms with van der Waals surface area (Å²) in [6, 6.07) is 1.21. The zero-order valence-corrected chi connectivity index (χ0v) is 32.4. The molecule has 1 aliphatic heterocycles. The molecule has 49 heavy (non-hydrogen) atoms. The number of esters is 2. The minimum atomic E-state index is -0.469. The van der Waals surface area contributed by atoms with Crippen LogP contribution in [-0.2, 0) is 51.6 Å². The van der Waals surface area contributed by atoms with Gasteiger partial charge in [0.15, 0.2) is 0 Å². The predicted molar refractivity (Wildman–Crippen MR) is 190 cm³/mol. The Morgan fingerprint density at radius 3 is 1.65 bits per heavy atom. The number of halogens is 2. The number of nitrogens with zero attached hydrogens (tertiary/aromatic N) is 1. The number of nitrogens with one attached hydrogen (secondary N) is 4. The van der Waals surface area contributed by atoms with Crippen LogP contribution < -0.4 is 21.3 Å². The molecular weight excluding hydrogens is 712 g/mol. The third kappa shape index (κ3) is 14.1. The number of carbonyl (C=O) groups excluding carboxylic acids is 2. The minimum absolute atomic E-state index is 0.00694. The zero-order chi connectivity index (χ0) is 35.3. The molecule has 0 radical (unpaired) electrons. The molecule has 1 aromatic rings. The van der Waals surface area contributed by atoms with Gasteiger partial charge in [-0.2, -0.15) is 0 Å². The maximum atomic E-state index is 13.9. The van der Waals surface area contributed by atoms with E-state index in [4.69, 9.17) is 44.1 Å². The molecule has 2 bridgehead atoms. The molecule has 2 fully saturated rings. The number of ether oxygens (including phenoxy) is 4. The van der Waals surface area contributed by atoms with Crippen molar-refractivity contribution in [2.45, 2.75) is 128 Å².